The lowest BCUT2D eigenvalue weighted by molar-refractivity contribution is 0.151. The normalized spacial score (nSPS) is 11.2. The number of nitrogens with zero attached hydrogens (tertiary/aromatic N) is 4. The molecular formula is C14H27N5O. The van der Waals surface area contributed by atoms with Gasteiger partial charge in [0, 0.05) is 39.5 Å². The summed E-state index contributed by atoms with van der Waals surface area (Å²) >= 11 is 0. The third-order valence-electron chi connectivity index (χ3n) is 2.96. The zero-order chi connectivity index (χ0) is 14.6. The van der Waals surface area contributed by atoms with Crippen molar-refractivity contribution in [3.63, 3.8) is 0 Å². The standard InChI is InChI=1S/C14H27N5O/c1-4-6-15-12-14-13-19(17-16-14)9-8-18(7-5-2)10-11-20-3/h5,13,15H,2,4,6-12H2,1,3H3. The molecule has 0 saturated carbocycles. The summed E-state index contributed by atoms with van der Waals surface area (Å²) in [6.45, 7) is 12.0. The Bertz CT molecular complexity index is 366. The molecule has 0 unspecified atom stereocenters. The van der Waals surface area contributed by atoms with Gasteiger partial charge in [-0.3, -0.25) is 9.58 Å². The van der Waals surface area contributed by atoms with Crippen molar-refractivity contribution < 1.29 is 4.74 Å². The van der Waals surface area contributed by atoms with E-state index in [4.69, 9.17) is 4.74 Å². The minimum atomic E-state index is 0.734. The van der Waals surface area contributed by atoms with Gasteiger partial charge in [-0.1, -0.05) is 18.2 Å². The van der Waals surface area contributed by atoms with Crippen LogP contribution in [-0.4, -0.2) is 59.8 Å². The van der Waals surface area contributed by atoms with Gasteiger partial charge in [0.2, 0.25) is 0 Å². The van der Waals surface area contributed by atoms with E-state index in [0.29, 0.717) is 0 Å². The Kier molecular flexibility index (Phi) is 8.86. The van der Waals surface area contributed by atoms with Crippen LogP contribution < -0.4 is 5.32 Å². The molecule has 0 bridgehead atoms. The van der Waals surface area contributed by atoms with Crippen LogP contribution in [0, 0.1) is 0 Å². The third kappa shape index (κ3) is 6.79. The van der Waals surface area contributed by atoms with Gasteiger partial charge < -0.3 is 10.1 Å². The van der Waals surface area contributed by atoms with Crippen LogP contribution in [-0.2, 0) is 17.8 Å². The molecule has 1 rings (SSSR count). The van der Waals surface area contributed by atoms with Crippen LogP contribution in [0.5, 0.6) is 0 Å². The highest BCUT2D eigenvalue weighted by atomic mass is 16.5. The topological polar surface area (TPSA) is 55.2 Å². The first-order valence-corrected chi connectivity index (χ1v) is 7.22. The van der Waals surface area contributed by atoms with Gasteiger partial charge in [-0.25, -0.2) is 0 Å². The van der Waals surface area contributed by atoms with E-state index in [0.717, 1.165) is 58.0 Å². The van der Waals surface area contributed by atoms with Crippen molar-refractivity contribution in [3.05, 3.63) is 24.5 Å². The fourth-order valence-corrected chi connectivity index (χ4v) is 1.86. The number of hydrogen-bond donors (Lipinski definition) is 1. The first kappa shape index (κ1) is 16.8. The van der Waals surface area contributed by atoms with Gasteiger partial charge in [0.1, 0.15) is 0 Å². The average Bonchev–Trinajstić information content (AvgIpc) is 2.90. The van der Waals surface area contributed by atoms with Crippen molar-refractivity contribution in [2.45, 2.75) is 26.4 Å². The quantitative estimate of drug-likeness (QED) is 0.456. The Balaban J connectivity index is 2.33. The Morgan fingerprint density at radius 3 is 3.05 bits per heavy atom. The fourth-order valence-electron chi connectivity index (χ4n) is 1.86. The summed E-state index contributed by atoms with van der Waals surface area (Å²) in [5.74, 6) is 0. The largest absolute Gasteiger partial charge is 0.383 e. The van der Waals surface area contributed by atoms with Crippen molar-refractivity contribution in [1.29, 1.82) is 0 Å². The molecule has 6 heteroatoms. The summed E-state index contributed by atoms with van der Waals surface area (Å²) < 4.78 is 7.01. The highest BCUT2D eigenvalue weighted by molar-refractivity contribution is 4.91. The molecule has 1 aromatic heterocycles. The molecular weight excluding hydrogens is 254 g/mol. The van der Waals surface area contributed by atoms with E-state index in [-0.39, 0.29) is 0 Å². The summed E-state index contributed by atoms with van der Waals surface area (Å²) in [5.41, 5.74) is 0.991. The summed E-state index contributed by atoms with van der Waals surface area (Å²) in [4.78, 5) is 2.28. The van der Waals surface area contributed by atoms with Crippen molar-refractivity contribution >= 4 is 0 Å². The number of methoxy groups -OCH3 is 1. The van der Waals surface area contributed by atoms with Gasteiger partial charge in [0.25, 0.3) is 0 Å². The van der Waals surface area contributed by atoms with E-state index in [2.05, 4.69) is 34.0 Å². The van der Waals surface area contributed by atoms with E-state index in [1.54, 1.807) is 7.11 Å². The van der Waals surface area contributed by atoms with Gasteiger partial charge in [0.05, 0.1) is 18.8 Å². The second-order valence-electron chi connectivity index (χ2n) is 4.73. The molecule has 1 N–H and O–H groups in total. The Labute approximate surface area is 121 Å². The summed E-state index contributed by atoms with van der Waals surface area (Å²) in [7, 11) is 1.72. The van der Waals surface area contributed by atoms with Crippen LogP contribution in [0.25, 0.3) is 0 Å². The second kappa shape index (κ2) is 10.5. The molecule has 0 spiro atoms. The Hall–Kier alpha value is -1.24. The molecule has 0 fully saturated rings. The third-order valence-corrected chi connectivity index (χ3v) is 2.96. The highest BCUT2D eigenvalue weighted by Crippen LogP contribution is 1.95. The van der Waals surface area contributed by atoms with E-state index < -0.39 is 0 Å². The van der Waals surface area contributed by atoms with Crippen molar-refractivity contribution in [2.24, 2.45) is 0 Å². The zero-order valence-corrected chi connectivity index (χ0v) is 12.7. The van der Waals surface area contributed by atoms with Crippen LogP contribution in [0.2, 0.25) is 0 Å². The number of nitrogens with one attached hydrogen (secondary N) is 1. The van der Waals surface area contributed by atoms with Gasteiger partial charge in [-0.05, 0) is 13.0 Å². The maximum Gasteiger partial charge on any atom is 0.0964 e. The number of rotatable bonds is 12. The molecule has 20 heavy (non-hydrogen) atoms. The first-order chi connectivity index (χ1) is 9.80. The molecule has 0 atom stereocenters. The van der Waals surface area contributed by atoms with Crippen LogP contribution in [0.15, 0.2) is 18.9 Å². The van der Waals surface area contributed by atoms with E-state index in [9.17, 15) is 0 Å². The van der Waals surface area contributed by atoms with E-state index in [1.165, 1.54) is 0 Å². The lowest BCUT2D eigenvalue weighted by Gasteiger charge is -2.19. The van der Waals surface area contributed by atoms with Crippen LogP contribution in [0.1, 0.15) is 19.0 Å². The summed E-state index contributed by atoms with van der Waals surface area (Å²) in [6.07, 6.45) is 5.05. The highest BCUT2D eigenvalue weighted by Gasteiger charge is 2.05. The molecule has 0 saturated heterocycles. The molecule has 1 aromatic rings. The molecule has 1 heterocycles. The van der Waals surface area contributed by atoms with Crippen molar-refractivity contribution in [1.82, 2.24) is 25.2 Å². The summed E-state index contributed by atoms with van der Waals surface area (Å²) in [6, 6.07) is 0. The Morgan fingerprint density at radius 2 is 2.35 bits per heavy atom. The SMILES string of the molecule is C=CCN(CCOC)CCn1cc(CNCCC)nn1. The second-order valence-corrected chi connectivity index (χ2v) is 4.73. The molecule has 6 nitrogen and oxygen atoms in total. The lowest BCUT2D eigenvalue weighted by atomic mass is 10.4. The predicted octanol–water partition coefficient (Wildman–Crippen LogP) is 0.912. The number of ether oxygens (including phenoxy) is 1. The molecule has 0 aromatic carbocycles. The fraction of sp³-hybridized carbons (Fsp3) is 0.714. The molecule has 114 valence electrons. The predicted molar refractivity (Wildman–Crippen MR) is 80.5 cm³/mol. The molecule has 0 amide bonds. The maximum absolute atomic E-state index is 5.11. The van der Waals surface area contributed by atoms with Crippen LogP contribution in [0.3, 0.4) is 0 Å². The Morgan fingerprint density at radius 1 is 1.50 bits per heavy atom. The average molecular weight is 281 g/mol. The molecule has 0 aliphatic rings. The van der Waals surface area contributed by atoms with Gasteiger partial charge in [0.15, 0.2) is 0 Å². The van der Waals surface area contributed by atoms with Gasteiger partial charge >= 0.3 is 0 Å². The molecule has 0 radical (unpaired) electrons. The lowest BCUT2D eigenvalue weighted by Crippen LogP contribution is -2.31. The minimum Gasteiger partial charge on any atom is -0.383 e. The van der Waals surface area contributed by atoms with Gasteiger partial charge in [-0.2, -0.15) is 0 Å². The number of hydrogen-bond acceptors (Lipinski definition) is 5. The minimum absolute atomic E-state index is 0.734. The van der Waals surface area contributed by atoms with Crippen LogP contribution >= 0.6 is 0 Å². The monoisotopic (exact) mass is 281 g/mol. The van der Waals surface area contributed by atoms with E-state index >= 15 is 0 Å². The maximum atomic E-state index is 5.11. The summed E-state index contributed by atoms with van der Waals surface area (Å²) in [5, 5.41) is 11.6. The number of aromatic nitrogens is 3. The molecule has 0 aliphatic heterocycles. The van der Waals surface area contributed by atoms with Gasteiger partial charge in [-0.15, -0.1) is 11.7 Å². The van der Waals surface area contributed by atoms with Crippen molar-refractivity contribution in [3.8, 4) is 0 Å². The zero-order valence-electron chi connectivity index (χ0n) is 12.7. The smallest absolute Gasteiger partial charge is 0.0964 e. The van der Waals surface area contributed by atoms with E-state index in [1.807, 2.05) is 17.0 Å². The van der Waals surface area contributed by atoms with Crippen molar-refractivity contribution in [2.75, 3.05) is 39.9 Å². The first-order valence-electron chi connectivity index (χ1n) is 7.22. The van der Waals surface area contributed by atoms with Crippen LogP contribution in [0.4, 0.5) is 0 Å². The molecule has 0 aliphatic carbocycles.